The molecule has 0 heterocycles. The molecule has 1 amide bonds. The largest absolute Gasteiger partial charge is 0.486 e. The summed E-state index contributed by atoms with van der Waals surface area (Å²) in [6, 6.07) is 20.2. The zero-order chi connectivity index (χ0) is 22.4. The molecule has 0 aliphatic carbocycles. The Morgan fingerprint density at radius 2 is 1.87 bits per heavy atom. The van der Waals surface area contributed by atoms with Crippen LogP contribution in [0.2, 0.25) is 10.0 Å². The first-order valence-electron chi connectivity index (χ1n) is 9.23. The van der Waals surface area contributed by atoms with E-state index in [2.05, 4.69) is 21.2 Å². The monoisotopic (exact) mass is 514 g/mol. The van der Waals surface area contributed by atoms with Crippen molar-refractivity contribution in [3.8, 4) is 11.8 Å². The molecule has 0 fully saturated rings. The van der Waals surface area contributed by atoms with Gasteiger partial charge in [0.2, 0.25) is 0 Å². The number of nitrogens with one attached hydrogen (secondary N) is 1. The molecule has 0 aliphatic heterocycles. The van der Waals surface area contributed by atoms with E-state index in [1.165, 1.54) is 6.08 Å². The van der Waals surface area contributed by atoms with Crippen LogP contribution < -0.4 is 10.1 Å². The van der Waals surface area contributed by atoms with E-state index in [9.17, 15) is 10.1 Å². The Labute approximate surface area is 199 Å². The quantitative estimate of drug-likeness (QED) is 0.279. The number of hydrogen-bond acceptors (Lipinski definition) is 3. The summed E-state index contributed by atoms with van der Waals surface area (Å²) in [5.41, 5.74) is 2.79. The number of nitriles is 1. The van der Waals surface area contributed by atoms with Gasteiger partial charge in [0, 0.05) is 10.7 Å². The first-order valence-corrected chi connectivity index (χ1v) is 10.8. The van der Waals surface area contributed by atoms with Crippen molar-refractivity contribution in [2.24, 2.45) is 0 Å². The lowest BCUT2D eigenvalue weighted by Gasteiger charge is -2.12. The Bertz CT molecular complexity index is 1160. The average molecular weight is 516 g/mol. The first-order chi connectivity index (χ1) is 14.9. The number of carbonyl (C=O) groups excluding carboxylic acids is 1. The fourth-order valence-electron chi connectivity index (χ4n) is 2.78. The van der Waals surface area contributed by atoms with E-state index in [1.807, 2.05) is 36.4 Å². The number of anilines is 1. The molecule has 4 nitrogen and oxygen atoms in total. The second-order valence-electron chi connectivity index (χ2n) is 6.62. The Morgan fingerprint density at radius 1 is 1.13 bits per heavy atom. The third-order valence-corrected chi connectivity index (χ3v) is 5.72. The van der Waals surface area contributed by atoms with Crippen molar-refractivity contribution in [2.45, 2.75) is 13.5 Å². The van der Waals surface area contributed by atoms with Crippen LogP contribution in [0.15, 0.2) is 70.7 Å². The Morgan fingerprint density at radius 3 is 2.55 bits per heavy atom. The van der Waals surface area contributed by atoms with Gasteiger partial charge in [-0.1, -0.05) is 59.6 Å². The minimum Gasteiger partial charge on any atom is -0.486 e. The zero-order valence-corrected chi connectivity index (χ0v) is 19.6. The molecular weight excluding hydrogens is 499 g/mol. The Hall–Kier alpha value is -2.78. The Balaban J connectivity index is 1.80. The summed E-state index contributed by atoms with van der Waals surface area (Å²) in [6.07, 6.45) is 1.47. The lowest BCUT2D eigenvalue weighted by molar-refractivity contribution is -0.112. The van der Waals surface area contributed by atoms with Crippen molar-refractivity contribution < 1.29 is 9.53 Å². The number of ether oxygens (including phenoxy) is 1. The van der Waals surface area contributed by atoms with Crippen LogP contribution in [0.25, 0.3) is 6.08 Å². The maximum Gasteiger partial charge on any atom is 0.266 e. The highest BCUT2D eigenvalue weighted by Gasteiger charge is 2.14. The van der Waals surface area contributed by atoms with Crippen molar-refractivity contribution in [1.82, 2.24) is 0 Å². The summed E-state index contributed by atoms with van der Waals surface area (Å²) in [5, 5.41) is 13.1. The van der Waals surface area contributed by atoms with Gasteiger partial charge in [0.25, 0.3) is 5.91 Å². The zero-order valence-electron chi connectivity index (χ0n) is 16.5. The minimum atomic E-state index is -0.537. The second-order valence-corrected chi connectivity index (χ2v) is 8.29. The highest BCUT2D eigenvalue weighted by atomic mass is 79.9. The summed E-state index contributed by atoms with van der Waals surface area (Å²) < 4.78 is 6.45. The van der Waals surface area contributed by atoms with E-state index in [1.54, 1.807) is 37.3 Å². The van der Waals surface area contributed by atoms with Crippen molar-refractivity contribution in [2.75, 3.05) is 5.32 Å². The molecule has 0 aliphatic rings. The molecule has 3 rings (SSSR count). The van der Waals surface area contributed by atoms with Crippen LogP contribution in [0.1, 0.15) is 16.7 Å². The summed E-state index contributed by atoms with van der Waals surface area (Å²) in [6.45, 7) is 2.15. The third-order valence-electron chi connectivity index (χ3n) is 4.44. The van der Waals surface area contributed by atoms with Crippen LogP contribution in [0, 0.1) is 18.3 Å². The molecule has 3 aromatic carbocycles. The van der Waals surface area contributed by atoms with E-state index >= 15 is 0 Å². The van der Waals surface area contributed by atoms with Crippen LogP contribution in [0.4, 0.5) is 5.69 Å². The highest BCUT2D eigenvalue weighted by Crippen LogP contribution is 2.35. The van der Waals surface area contributed by atoms with Gasteiger partial charge in [-0.2, -0.15) is 5.26 Å². The summed E-state index contributed by atoms with van der Waals surface area (Å²) in [5.74, 6) is -0.0512. The molecule has 0 unspecified atom stereocenters. The molecule has 31 heavy (non-hydrogen) atoms. The van der Waals surface area contributed by atoms with Gasteiger partial charge in [0.1, 0.15) is 18.2 Å². The predicted octanol–water partition coefficient (Wildman–Crippen LogP) is 7.19. The molecule has 1 N–H and O–H groups in total. The number of carbonyl (C=O) groups is 1. The van der Waals surface area contributed by atoms with Gasteiger partial charge in [-0.15, -0.1) is 0 Å². The fourth-order valence-corrected chi connectivity index (χ4v) is 3.94. The van der Waals surface area contributed by atoms with E-state index in [0.29, 0.717) is 38.1 Å². The number of halogens is 3. The molecule has 156 valence electrons. The number of hydrogen-bond donors (Lipinski definition) is 1. The van der Waals surface area contributed by atoms with Gasteiger partial charge >= 0.3 is 0 Å². The van der Waals surface area contributed by atoms with Crippen molar-refractivity contribution in [1.29, 1.82) is 5.26 Å². The molecule has 0 aromatic heterocycles. The number of amides is 1. The van der Waals surface area contributed by atoms with Gasteiger partial charge in [-0.05, 0) is 69.9 Å². The highest BCUT2D eigenvalue weighted by molar-refractivity contribution is 9.10. The summed E-state index contributed by atoms with van der Waals surface area (Å²) in [7, 11) is 0. The van der Waals surface area contributed by atoms with E-state index in [-0.39, 0.29) is 5.57 Å². The topological polar surface area (TPSA) is 62.1 Å². The van der Waals surface area contributed by atoms with Crippen LogP contribution in [0.5, 0.6) is 5.75 Å². The maximum atomic E-state index is 12.6. The van der Waals surface area contributed by atoms with E-state index < -0.39 is 5.91 Å². The van der Waals surface area contributed by atoms with Gasteiger partial charge in [0.15, 0.2) is 5.75 Å². The van der Waals surface area contributed by atoms with Gasteiger partial charge in [-0.3, -0.25) is 4.79 Å². The minimum absolute atomic E-state index is 0.0692. The predicted molar refractivity (Wildman–Crippen MR) is 128 cm³/mol. The second kappa shape index (κ2) is 10.5. The maximum absolute atomic E-state index is 12.6. The molecular formula is C24H17BrCl2N2O2. The van der Waals surface area contributed by atoms with Crippen molar-refractivity contribution in [3.05, 3.63) is 97.4 Å². The first kappa shape index (κ1) is 22.9. The fraction of sp³-hybridized carbons (Fsp3) is 0.0833. The molecule has 3 aromatic rings. The van der Waals surface area contributed by atoms with E-state index in [0.717, 1.165) is 11.1 Å². The summed E-state index contributed by atoms with van der Waals surface area (Å²) >= 11 is 15.9. The molecule has 0 saturated heterocycles. The van der Waals surface area contributed by atoms with Crippen LogP contribution in [0.3, 0.4) is 0 Å². The molecule has 0 spiro atoms. The van der Waals surface area contributed by atoms with Crippen LogP contribution >= 0.6 is 39.1 Å². The smallest absolute Gasteiger partial charge is 0.266 e. The molecule has 0 bridgehead atoms. The molecule has 7 heteroatoms. The molecule has 0 radical (unpaired) electrons. The normalized spacial score (nSPS) is 11.0. The molecule has 0 atom stereocenters. The van der Waals surface area contributed by atoms with Crippen LogP contribution in [-0.4, -0.2) is 5.91 Å². The van der Waals surface area contributed by atoms with Crippen molar-refractivity contribution in [3.63, 3.8) is 0 Å². The van der Waals surface area contributed by atoms with Crippen molar-refractivity contribution >= 4 is 56.8 Å². The lowest BCUT2D eigenvalue weighted by Crippen LogP contribution is -2.14. The number of benzene rings is 3. The number of nitrogens with zero attached hydrogens (tertiary/aromatic N) is 1. The lowest BCUT2D eigenvalue weighted by atomic mass is 10.1. The average Bonchev–Trinajstić information content (AvgIpc) is 2.75. The van der Waals surface area contributed by atoms with Gasteiger partial charge < -0.3 is 10.1 Å². The Kier molecular flexibility index (Phi) is 7.75. The molecule has 0 saturated carbocycles. The third kappa shape index (κ3) is 5.89. The van der Waals surface area contributed by atoms with E-state index in [4.69, 9.17) is 27.9 Å². The van der Waals surface area contributed by atoms with Gasteiger partial charge in [0.05, 0.1) is 9.50 Å². The number of rotatable bonds is 6. The standard InChI is InChI=1S/C24H17BrCl2N2O2/c1-15-20(26)8-5-9-22(15)29-24(30)18(13-28)10-17-11-19(25)23(21(27)12-17)31-14-16-6-3-2-4-7-16/h2-12H,14H2,1H3,(H,29,30)/b18-10-. The SMILES string of the molecule is Cc1c(Cl)cccc1NC(=O)/C(C#N)=C\c1cc(Cl)c(OCc2ccccc2)c(Br)c1. The van der Waals surface area contributed by atoms with Crippen LogP contribution in [-0.2, 0) is 11.4 Å². The summed E-state index contributed by atoms with van der Waals surface area (Å²) in [4.78, 5) is 12.6. The van der Waals surface area contributed by atoms with Gasteiger partial charge in [-0.25, -0.2) is 0 Å².